The Hall–Kier alpha value is -5.61. The molecule has 8 rings (SSSR count). The Morgan fingerprint density at radius 1 is 0.980 bits per heavy atom. The SMILES string of the molecule is CC(C)C(NC(=O)O)C(=O)N1CC2(CC2)CC1c1ncc(-c2ccc3cc(-c4ccc(-c5cnc(C6CC(C#N)CN6)[nH]5)cc4)cnc3n2)[nH]1. The molecule has 13 nitrogen and oxygen atoms in total. The number of H-pyrrole nitrogens is 2. The summed E-state index contributed by atoms with van der Waals surface area (Å²) in [5.41, 5.74) is 6.07. The van der Waals surface area contributed by atoms with Gasteiger partial charge in [0.05, 0.1) is 53.5 Å². The highest BCUT2D eigenvalue weighted by Gasteiger charge is 2.55. The van der Waals surface area contributed by atoms with Crippen LogP contribution in [0.4, 0.5) is 4.79 Å². The van der Waals surface area contributed by atoms with Crippen LogP contribution in [0.15, 0.2) is 61.1 Å². The fourth-order valence-electron chi connectivity index (χ4n) is 7.40. The van der Waals surface area contributed by atoms with Gasteiger partial charge in [0, 0.05) is 30.2 Å². The highest BCUT2D eigenvalue weighted by molar-refractivity contribution is 5.86. The summed E-state index contributed by atoms with van der Waals surface area (Å²) in [6.45, 7) is 4.98. The molecule has 1 spiro atoms. The number of hydrogen-bond donors (Lipinski definition) is 5. The van der Waals surface area contributed by atoms with Gasteiger partial charge in [-0.15, -0.1) is 0 Å². The van der Waals surface area contributed by atoms with E-state index in [9.17, 15) is 20.0 Å². The third-order valence-corrected chi connectivity index (χ3v) is 10.5. The number of nitrogens with zero attached hydrogens (tertiary/aromatic N) is 6. The molecule has 0 radical (unpaired) electrons. The van der Waals surface area contributed by atoms with E-state index >= 15 is 0 Å². The molecule has 5 N–H and O–H groups in total. The Balaban J connectivity index is 0.983. The first-order chi connectivity index (χ1) is 24.2. The summed E-state index contributed by atoms with van der Waals surface area (Å²) in [4.78, 5) is 52.5. The second kappa shape index (κ2) is 12.4. The van der Waals surface area contributed by atoms with Crippen molar-refractivity contribution in [2.75, 3.05) is 13.1 Å². The molecule has 4 unspecified atom stereocenters. The number of fused-ring (bicyclic) bond motifs is 1. The molecule has 13 heteroatoms. The number of amides is 2. The van der Waals surface area contributed by atoms with Crippen molar-refractivity contribution >= 4 is 23.0 Å². The number of hydrogen-bond acceptors (Lipinski definition) is 8. The molecule has 3 fully saturated rings. The van der Waals surface area contributed by atoms with Gasteiger partial charge in [-0.2, -0.15) is 5.26 Å². The number of carboxylic acid groups (broad SMARTS) is 1. The molecule has 4 atom stereocenters. The molecule has 2 aliphatic heterocycles. The first-order valence-electron chi connectivity index (χ1n) is 17.1. The van der Waals surface area contributed by atoms with Gasteiger partial charge in [-0.25, -0.2) is 24.7 Å². The summed E-state index contributed by atoms with van der Waals surface area (Å²) >= 11 is 0. The number of nitriles is 1. The molecule has 254 valence electrons. The van der Waals surface area contributed by atoms with Crippen LogP contribution >= 0.6 is 0 Å². The number of carbonyl (C=O) groups is 2. The second-order valence-corrected chi connectivity index (χ2v) is 14.3. The van der Waals surface area contributed by atoms with Gasteiger partial charge in [0.2, 0.25) is 5.91 Å². The van der Waals surface area contributed by atoms with Crippen molar-refractivity contribution in [1.82, 2.24) is 45.4 Å². The lowest BCUT2D eigenvalue weighted by Crippen LogP contribution is -2.51. The van der Waals surface area contributed by atoms with E-state index in [2.05, 4.69) is 67.0 Å². The van der Waals surface area contributed by atoms with E-state index in [0.717, 1.165) is 65.0 Å². The number of carbonyl (C=O) groups excluding carboxylic acids is 1. The Labute approximate surface area is 288 Å². The van der Waals surface area contributed by atoms with Gasteiger partial charge < -0.3 is 30.6 Å². The van der Waals surface area contributed by atoms with Crippen molar-refractivity contribution in [3.63, 3.8) is 0 Å². The summed E-state index contributed by atoms with van der Waals surface area (Å²) in [6, 6.07) is 15.6. The molecule has 2 amide bonds. The maximum Gasteiger partial charge on any atom is 0.405 e. The lowest BCUT2D eigenvalue weighted by molar-refractivity contribution is -0.135. The summed E-state index contributed by atoms with van der Waals surface area (Å²) in [5, 5.41) is 25.3. The highest BCUT2D eigenvalue weighted by atomic mass is 16.4. The molecule has 5 aromatic rings. The number of imidazole rings is 2. The van der Waals surface area contributed by atoms with Crippen LogP contribution in [0.3, 0.4) is 0 Å². The van der Waals surface area contributed by atoms with E-state index in [0.29, 0.717) is 30.3 Å². The minimum atomic E-state index is -1.20. The monoisotopic (exact) mass is 670 g/mol. The summed E-state index contributed by atoms with van der Waals surface area (Å²) < 4.78 is 0. The van der Waals surface area contributed by atoms with E-state index in [4.69, 9.17) is 9.97 Å². The van der Waals surface area contributed by atoms with Crippen LogP contribution in [0.25, 0.3) is 44.8 Å². The smallest absolute Gasteiger partial charge is 0.405 e. The first-order valence-corrected chi connectivity index (χ1v) is 17.1. The summed E-state index contributed by atoms with van der Waals surface area (Å²) in [5.74, 6) is 1.14. The predicted molar refractivity (Wildman–Crippen MR) is 185 cm³/mol. The van der Waals surface area contributed by atoms with Crippen molar-refractivity contribution in [1.29, 1.82) is 5.26 Å². The number of likely N-dealkylation sites (tertiary alicyclic amines) is 1. The van der Waals surface area contributed by atoms with Crippen LogP contribution in [0, 0.1) is 28.6 Å². The standard InChI is InChI=1S/C37H38N10O3/c1-20(2)31(46-36(49)50)35(48)47-19-37(9-10-37)13-30(47)34-42-18-29(45-34)26-8-7-24-12-25(16-40-32(24)43-26)22-3-5-23(6-4-22)28-17-41-33(44-28)27-11-21(14-38)15-39-27/h3-8,12,16-18,20-21,27,30-31,39,46H,9-11,13,15,19H2,1-2H3,(H,41,44)(H,42,45)(H,49,50). The van der Waals surface area contributed by atoms with Crippen molar-refractivity contribution in [3.05, 3.63) is 72.7 Å². The van der Waals surface area contributed by atoms with E-state index in [1.54, 1.807) is 6.20 Å². The molecule has 50 heavy (non-hydrogen) atoms. The minimum Gasteiger partial charge on any atom is -0.465 e. The van der Waals surface area contributed by atoms with E-state index in [1.807, 2.05) is 43.3 Å². The molecule has 4 aromatic heterocycles. The first kappa shape index (κ1) is 31.6. The second-order valence-electron chi connectivity index (χ2n) is 14.3. The number of aromatic amines is 2. The van der Waals surface area contributed by atoms with Gasteiger partial charge in [0.15, 0.2) is 5.65 Å². The zero-order chi connectivity index (χ0) is 34.6. The Kier molecular flexibility index (Phi) is 7.83. The average Bonchev–Trinajstić information content (AvgIpc) is 3.65. The number of rotatable bonds is 8. The van der Waals surface area contributed by atoms with Crippen molar-refractivity contribution < 1.29 is 14.7 Å². The third kappa shape index (κ3) is 5.96. The molecule has 2 saturated heterocycles. The summed E-state index contributed by atoms with van der Waals surface area (Å²) in [7, 11) is 0. The molecular formula is C37H38N10O3. The largest absolute Gasteiger partial charge is 0.465 e. The van der Waals surface area contributed by atoms with Gasteiger partial charge in [-0.1, -0.05) is 38.1 Å². The Morgan fingerprint density at radius 2 is 1.72 bits per heavy atom. The van der Waals surface area contributed by atoms with Crippen LogP contribution in [0.1, 0.15) is 63.3 Å². The van der Waals surface area contributed by atoms with Gasteiger partial charge in [0.25, 0.3) is 0 Å². The Morgan fingerprint density at radius 3 is 2.44 bits per heavy atom. The lowest BCUT2D eigenvalue weighted by atomic mass is 10.0. The molecule has 3 aliphatic rings. The maximum absolute atomic E-state index is 13.6. The van der Waals surface area contributed by atoms with Gasteiger partial charge in [-0.3, -0.25) is 4.79 Å². The number of nitrogens with one attached hydrogen (secondary N) is 4. The topological polar surface area (TPSA) is 189 Å². The fourth-order valence-corrected chi connectivity index (χ4v) is 7.40. The third-order valence-electron chi connectivity index (χ3n) is 10.5. The van der Waals surface area contributed by atoms with Gasteiger partial charge in [0.1, 0.15) is 17.7 Å². The number of aromatic nitrogens is 6. The quantitative estimate of drug-likeness (QED) is 0.140. The number of benzene rings is 1. The van der Waals surface area contributed by atoms with Crippen molar-refractivity contribution in [3.8, 4) is 39.8 Å². The van der Waals surface area contributed by atoms with Crippen LogP contribution in [0.2, 0.25) is 0 Å². The van der Waals surface area contributed by atoms with Crippen molar-refractivity contribution in [2.24, 2.45) is 17.3 Å². The normalized spacial score (nSPS) is 21.5. The van der Waals surface area contributed by atoms with Crippen LogP contribution in [-0.4, -0.2) is 71.0 Å². The van der Waals surface area contributed by atoms with E-state index in [1.165, 1.54) is 0 Å². The molecule has 6 heterocycles. The minimum absolute atomic E-state index is 0.0138. The average molecular weight is 671 g/mol. The fraction of sp³-hybridized carbons (Fsp3) is 0.378. The molecule has 1 saturated carbocycles. The highest BCUT2D eigenvalue weighted by Crippen LogP contribution is 2.58. The van der Waals surface area contributed by atoms with Crippen molar-refractivity contribution in [2.45, 2.75) is 57.7 Å². The zero-order valence-corrected chi connectivity index (χ0v) is 27.8. The molecular weight excluding hydrogens is 632 g/mol. The van der Waals surface area contributed by atoms with E-state index < -0.39 is 12.1 Å². The number of pyridine rings is 2. The van der Waals surface area contributed by atoms with Crippen LogP contribution in [-0.2, 0) is 4.79 Å². The zero-order valence-electron chi connectivity index (χ0n) is 27.8. The lowest BCUT2D eigenvalue weighted by Gasteiger charge is -2.29. The molecule has 1 aromatic carbocycles. The molecule has 1 aliphatic carbocycles. The predicted octanol–water partition coefficient (Wildman–Crippen LogP) is 5.60. The summed E-state index contributed by atoms with van der Waals surface area (Å²) in [6.07, 6.45) is 7.86. The van der Waals surface area contributed by atoms with Gasteiger partial charge >= 0.3 is 6.09 Å². The van der Waals surface area contributed by atoms with Crippen LogP contribution in [0.5, 0.6) is 0 Å². The maximum atomic E-state index is 13.6. The Bertz CT molecular complexity index is 2130. The van der Waals surface area contributed by atoms with E-state index in [-0.39, 0.29) is 35.2 Å². The van der Waals surface area contributed by atoms with Crippen LogP contribution < -0.4 is 10.6 Å². The van der Waals surface area contributed by atoms with Gasteiger partial charge in [-0.05, 0) is 66.3 Å². The molecule has 0 bridgehead atoms.